The van der Waals surface area contributed by atoms with Gasteiger partial charge in [-0.05, 0) is 41.8 Å². The molecule has 0 unspecified atom stereocenters. The molecule has 5 heteroatoms. The number of carboxylic acids is 1. The van der Waals surface area contributed by atoms with Gasteiger partial charge in [0.2, 0.25) is 0 Å². The number of carboxylic acid groups (broad SMARTS) is 1. The van der Waals surface area contributed by atoms with E-state index in [9.17, 15) is 4.79 Å². The van der Waals surface area contributed by atoms with Gasteiger partial charge in [0.05, 0.1) is 16.9 Å². The third kappa shape index (κ3) is 4.21. The van der Waals surface area contributed by atoms with E-state index in [2.05, 4.69) is 46.6 Å². The summed E-state index contributed by atoms with van der Waals surface area (Å²) in [6.45, 7) is 3.76. The number of nitrogens with one attached hydrogen (secondary N) is 1. The molecule has 2 aromatic carbocycles. The first-order valence-electron chi connectivity index (χ1n) is 9.53. The van der Waals surface area contributed by atoms with Gasteiger partial charge in [-0.1, -0.05) is 36.4 Å². The first kappa shape index (κ1) is 18.2. The molecule has 3 aromatic rings. The van der Waals surface area contributed by atoms with Crippen LogP contribution in [0.5, 0.6) is 0 Å². The predicted molar refractivity (Wildman–Crippen MR) is 113 cm³/mol. The molecule has 1 saturated heterocycles. The van der Waals surface area contributed by atoms with Crippen LogP contribution in [0.15, 0.2) is 60.7 Å². The molecule has 0 atom stereocenters. The summed E-state index contributed by atoms with van der Waals surface area (Å²) in [7, 11) is 0. The summed E-state index contributed by atoms with van der Waals surface area (Å²) in [6.07, 6.45) is 3.54. The normalized spacial score (nSPS) is 14.6. The third-order valence-corrected chi connectivity index (χ3v) is 4.96. The van der Waals surface area contributed by atoms with Gasteiger partial charge >= 0.3 is 5.97 Å². The molecule has 0 radical (unpaired) electrons. The Kier molecular flexibility index (Phi) is 5.35. The summed E-state index contributed by atoms with van der Waals surface area (Å²) in [4.78, 5) is 18.0. The van der Waals surface area contributed by atoms with E-state index in [1.807, 2.05) is 18.2 Å². The molecule has 0 amide bonds. The van der Waals surface area contributed by atoms with Crippen molar-refractivity contribution in [1.82, 2.24) is 10.3 Å². The van der Waals surface area contributed by atoms with Crippen LogP contribution in [0.1, 0.15) is 16.8 Å². The van der Waals surface area contributed by atoms with Gasteiger partial charge in [0, 0.05) is 37.6 Å². The van der Waals surface area contributed by atoms with Crippen LogP contribution in [0, 0.1) is 0 Å². The number of fused-ring (bicyclic) bond motifs is 1. The molecular formula is C23H23N3O2. The number of aromatic nitrogens is 1. The Labute approximate surface area is 164 Å². The van der Waals surface area contributed by atoms with E-state index in [0.717, 1.165) is 55.3 Å². The van der Waals surface area contributed by atoms with E-state index in [0.29, 0.717) is 5.69 Å². The summed E-state index contributed by atoms with van der Waals surface area (Å²) < 4.78 is 0. The lowest BCUT2D eigenvalue weighted by atomic mass is 10.0. The monoisotopic (exact) mass is 373 g/mol. The van der Waals surface area contributed by atoms with Crippen molar-refractivity contribution in [3.8, 4) is 0 Å². The molecule has 142 valence electrons. The van der Waals surface area contributed by atoms with E-state index in [4.69, 9.17) is 10.1 Å². The van der Waals surface area contributed by atoms with Gasteiger partial charge in [0.15, 0.2) is 0 Å². The van der Waals surface area contributed by atoms with Crippen LogP contribution in [0.3, 0.4) is 0 Å². The molecule has 0 saturated carbocycles. The highest BCUT2D eigenvalue weighted by molar-refractivity contribution is 5.93. The van der Waals surface area contributed by atoms with Crippen molar-refractivity contribution in [3.63, 3.8) is 0 Å². The molecule has 0 aliphatic carbocycles. The number of rotatable bonds is 5. The number of hydrogen-bond acceptors (Lipinski definition) is 4. The van der Waals surface area contributed by atoms with Crippen molar-refractivity contribution in [3.05, 3.63) is 77.5 Å². The average Bonchev–Trinajstić information content (AvgIpc) is 2.73. The number of hydrogen-bond donors (Lipinski definition) is 2. The van der Waals surface area contributed by atoms with Gasteiger partial charge in [-0.25, -0.2) is 9.78 Å². The molecule has 4 rings (SSSR count). The number of anilines is 1. The first-order chi connectivity index (χ1) is 13.7. The van der Waals surface area contributed by atoms with E-state index in [-0.39, 0.29) is 0 Å². The molecule has 1 fully saturated rings. The summed E-state index contributed by atoms with van der Waals surface area (Å²) in [5, 5.41) is 13.4. The maximum absolute atomic E-state index is 10.8. The first-order valence-corrected chi connectivity index (χ1v) is 9.53. The average molecular weight is 373 g/mol. The van der Waals surface area contributed by atoms with E-state index < -0.39 is 5.97 Å². The van der Waals surface area contributed by atoms with Crippen LogP contribution in [0.4, 0.5) is 5.69 Å². The van der Waals surface area contributed by atoms with Crippen molar-refractivity contribution >= 4 is 28.6 Å². The van der Waals surface area contributed by atoms with Crippen LogP contribution in [0.25, 0.3) is 17.0 Å². The van der Waals surface area contributed by atoms with Crippen LogP contribution < -0.4 is 10.2 Å². The summed E-state index contributed by atoms with van der Waals surface area (Å²) in [5.74, 6) is -0.970. The van der Waals surface area contributed by atoms with Crippen molar-refractivity contribution in [1.29, 1.82) is 0 Å². The number of piperazine rings is 1. The Morgan fingerprint density at radius 2 is 1.86 bits per heavy atom. The minimum atomic E-state index is -0.970. The summed E-state index contributed by atoms with van der Waals surface area (Å²) >= 11 is 0. The van der Waals surface area contributed by atoms with E-state index in [1.165, 1.54) is 11.1 Å². The molecular weight excluding hydrogens is 350 g/mol. The zero-order chi connectivity index (χ0) is 19.3. The fourth-order valence-electron chi connectivity index (χ4n) is 3.62. The Morgan fingerprint density at radius 1 is 1.07 bits per heavy atom. The second kappa shape index (κ2) is 8.23. The number of pyridine rings is 1. The topological polar surface area (TPSA) is 65.5 Å². The predicted octanol–water partition coefficient (Wildman–Crippen LogP) is 3.33. The van der Waals surface area contributed by atoms with Crippen molar-refractivity contribution in [2.45, 2.75) is 6.42 Å². The molecule has 1 aliphatic rings. The Morgan fingerprint density at radius 3 is 2.61 bits per heavy atom. The molecule has 1 aromatic heterocycles. The molecule has 0 bridgehead atoms. The second-order valence-electron chi connectivity index (χ2n) is 6.99. The lowest BCUT2D eigenvalue weighted by Crippen LogP contribution is -2.43. The second-order valence-corrected chi connectivity index (χ2v) is 6.99. The smallest absolute Gasteiger partial charge is 0.328 e. The molecule has 5 nitrogen and oxygen atoms in total. The number of benzene rings is 2. The quantitative estimate of drug-likeness (QED) is 0.672. The van der Waals surface area contributed by atoms with E-state index in [1.54, 1.807) is 6.08 Å². The highest BCUT2D eigenvalue weighted by Crippen LogP contribution is 2.29. The Balaban J connectivity index is 1.78. The van der Waals surface area contributed by atoms with E-state index >= 15 is 0 Å². The molecule has 28 heavy (non-hydrogen) atoms. The maximum Gasteiger partial charge on any atom is 0.328 e. The van der Waals surface area contributed by atoms with Crippen molar-refractivity contribution < 1.29 is 9.90 Å². The lowest BCUT2D eigenvalue weighted by Gasteiger charge is -2.30. The number of nitrogens with zero attached hydrogens (tertiary/aromatic N) is 2. The summed E-state index contributed by atoms with van der Waals surface area (Å²) in [5.41, 5.74) is 5.23. The number of carbonyl (C=O) groups is 1. The van der Waals surface area contributed by atoms with Gasteiger partial charge in [-0.2, -0.15) is 0 Å². The Bertz CT molecular complexity index is 1010. The van der Waals surface area contributed by atoms with Crippen molar-refractivity contribution in [2.75, 3.05) is 31.1 Å². The minimum Gasteiger partial charge on any atom is -0.478 e. The van der Waals surface area contributed by atoms with Gasteiger partial charge in [-0.15, -0.1) is 0 Å². The molecule has 0 spiro atoms. The van der Waals surface area contributed by atoms with Crippen LogP contribution in [-0.4, -0.2) is 42.2 Å². The zero-order valence-electron chi connectivity index (χ0n) is 15.6. The lowest BCUT2D eigenvalue weighted by molar-refractivity contribution is -0.131. The van der Waals surface area contributed by atoms with Gasteiger partial charge in [0.1, 0.15) is 0 Å². The number of aliphatic carboxylic acids is 1. The van der Waals surface area contributed by atoms with Crippen LogP contribution in [-0.2, 0) is 11.2 Å². The zero-order valence-corrected chi connectivity index (χ0v) is 15.6. The fourth-order valence-corrected chi connectivity index (χ4v) is 3.62. The SMILES string of the molecule is O=C(O)C=Cc1ccc2cc(Cc3ccccc3)cc(N3CCNCC3)c2n1. The molecule has 2 heterocycles. The largest absolute Gasteiger partial charge is 0.478 e. The standard InChI is InChI=1S/C23H23N3O2/c27-22(28)9-8-20-7-6-19-15-18(14-17-4-2-1-3-5-17)16-21(23(19)25-20)26-12-10-24-11-13-26/h1-9,15-16,24H,10-14H2,(H,27,28). The van der Waals surface area contributed by atoms with Crippen molar-refractivity contribution in [2.24, 2.45) is 0 Å². The summed E-state index contributed by atoms with van der Waals surface area (Å²) in [6, 6.07) is 18.8. The molecule has 1 aliphatic heterocycles. The Hall–Kier alpha value is -3.18. The maximum atomic E-state index is 10.8. The van der Waals surface area contributed by atoms with Gasteiger partial charge in [0.25, 0.3) is 0 Å². The highest BCUT2D eigenvalue weighted by Gasteiger charge is 2.16. The molecule has 2 N–H and O–H groups in total. The van der Waals surface area contributed by atoms with Crippen LogP contribution in [0.2, 0.25) is 0 Å². The fraction of sp³-hybridized carbons (Fsp3) is 0.217. The van der Waals surface area contributed by atoms with Gasteiger partial charge in [-0.3, -0.25) is 0 Å². The van der Waals surface area contributed by atoms with Gasteiger partial charge < -0.3 is 15.3 Å². The third-order valence-electron chi connectivity index (χ3n) is 4.96. The minimum absolute atomic E-state index is 0.655. The van der Waals surface area contributed by atoms with Crippen LogP contribution >= 0.6 is 0 Å². The highest BCUT2D eigenvalue weighted by atomic mass is 16.4.